The molecule has 0 radical (unpaired) electrons. The third-order valence-corrected chi connectivity index (χ3v) is 6.82. The molecule has 128 valence electrons. The van der Waals surface area contributed by atoms with Crippen LogP contribution in [-0.4, -0.2) is 33.1 Å². The fraction of sp³-hybridized carbons (Fsp3) is 0.267. The van der Waals surface area contributed by atoms with Gasteiger partial charge in [-0.1, -0.05) is 17.7 Å². The minimum Gasteiger partial charge on any atom is -0.453 e. The topological polar surface area (TPSA) is 75.7 Å². The van der Waals surface area contributed by atoms with Crippen LogP contribution in [0.4, 0.5) is 10.5 Å². The summed E-state index contributed by atoms with van der Waals surface area (Å²) in [4.78, 5) is 13.2. The van der Waals surface area contributed by atoms with E-state index >= 15 is 0 Å². The number of amides is 1. The van der Waals surface area contributed by atoms with Gasteiger partial charge in [0.15, 0.2) is 0 Å². The van der Waals surface area contributed by atoms with Crippen molar-refractivity contribution in [2.75, 3.05) is 18.4 Å². The molecule has 24 heavy (non-hydrogen) atoms. The van der Waals surface area contributed by atoms with E-state index < -0.39 is 10.0 Å². The molecular weight excluding hydrogens is 372 g/mol. The largest absolute Gasteiger partial charge is 0.453 e. The molecule has 9 heteroatoms. The van der Waals surface area contributed by atoms with E-state index in [-0.39, 0.29) is 10.3 Å². The summed E-state index contributed by atoms with van der Waals surface area (Å²) in [7, 11) is -2.33. The van der Waals surface area contributed by atoms with Crippen molar-refractivity contribution in [3.8, 4) is 0 Å². The number of nitrogens with one attached hydrogen (secondary N) is 1. The average Bonchev–Trinajstić information content (AvgIpc) is 3.00. The van der Waals surface area contributed by atoms with Gasteiger partial charge in [-0.25, -0.2) is 13.2 Å². The molecule has 0 atom stereocenters. The lowest BCUT2D eigenvalue weighted by Gasteiger charge is -2.28. The summed E-state index contributed by atoms with van der Waals surface area (Å²) in [5.74, 6) is 0. The standard InChI is InChI=1S/C15H15ClN2O4S2/c1-22-15(19)18-7-6-10-2-3-12(8-11(10)9-18)17-24(20,21)14-5-4-13(16)23-14/h2-5,8,17H,6-7,9H2,1H3. The molecular formula is C15H15ClN2O4S2. The predicted molar refractivity (Wildman–Crippen MR) is 93.1 cm³/mol. The van der Waals surface area contributed by atoms with E-state index in [1.807, 2.05) is 6.07 Å². The molecule has 0 bridgehead atoms. The van der Waals surface area contributed by atoms with Crippen LogP contribution in [0.3, 0.4) is 0 Å². The Hall–Kier alpha value is -1.77. The van der Waals surface area contributed by atoms with Crippen molar-refractivity contribution in [1.82, 2.24) is 4.90 Å². The number of carbonyl (C=O) groups is 1. The quantitative estimate of drug-likeness (QED) is 0.877. The average molecular weight is 387 g/mol. The van der Waals surface area contributed by atoms with Crippen molar-refractivity contribution < 1.29 is 17.9 Å². The van der Waals surface area contributed by atoms with Gasteiger partial charge >= 0.3 is 6.09 Å². The second-order valence-electron chi connectivity index (χ2n) is 5.29. The zero-order valence-corrected chi connectivity index (χ0v) is 15.2. The van der Waals surface area contributed by atoms with E-state index in [1.165, 1.54) is 13.2 Å². The predicted octanol–water partition coefficient (Wildman–Crippen LogP) is 3.33. The molecule has 1 N–H and O–H groups in total. The van der Waals surface area contributed by atoms with Crippen molar-refractivity contribution in [2.45, 2.75) is 17.2 Å². The van der Waals surface area contributed by atoms with Gasteiger partial charge in [-0.05, 0) is 41.8 Å². The Balaban J connectivity index is 1.83. The number of ether oxygens (including phenoxy) is 1. The van der Waals surface area contributed by atoms with Crippen LogP contribution in [-0.2, 0) is 27.7 Å². The highest BCUT2D eigenvalue weighted by atomic mass is 35.5. The van der Waals surface area contributed by atoms with E-state index in [4.69, 9.17) is 16.3 Å². The first-order valence-electron chi connectivity index (χ1n) is 7.12. The number of sulfonamides is 1. The number of rotatable bonds is 3. The second kappa shape index (κ2) is 6.62. The number of methoxy groups -OCH3 is 1. The van der Waals surface area contributed by atoms with Gasteiger partial charge in [0.2, 0.25) is 0 Å². The lowest BCUT2D eigenvalue weighted by molar-refractivity contribution is 0.118. The Morgan fingerprint density at radius 2 is 2.08 bits per heavy atom. The first kappa shape index (κ1) is 17.1. The number of hydrogen-bond donors (Lipinski definition) is 1. The summed E-state index contributed by atoms with van der Waals surface area (Å²) in [5.41, 5.74) is 2.44. The van der Waals surface area contributed by atoms with Gasteiger partial charge in [0.25, 0.3) is 10.0 Å². The monoisotopic (exact) mass is 386 g/mol. The van der Waals surface area contributed by atoms with Crippen molar-refractivity contribution in [2.24, 2.45) is 0 Å². The minimum absolute atomic E-state index is 0.154. The molecule has 0 saturated carbocycles. The number of thiophene rings is 1. The van der Waals surface area contributed by atoms with Gasteiger partial charge in [0.05, 0.1) is 11.4 Å². The van der Waals surface area contributed by atoms with E-state index in [2.05, 4.69) is 4.72 Å². The Bertz CT molecular complexity index is 879. The van der Waals surface area contributed by atoms with Crippen LogP contribution in [0.2, 0.25) is 4.34 Å². The molecule has 2 heterocycles. The van der Waals surface area contributed by atoms with Crippen molar-refractivity contribution in [3.05, 3.63) is 45.8 Å². The van der Waals surface area contributed by atoms with Gasteiger partial charge < -0.3 is 9.64 Å². The maximum atomic E-state index is 12.4. The first-order chi connectivity index (χ1) is 11.4. The number of fused-ring (bicyclic) bond motifs is 1. The molecule has 1 aliphatic rings. The van der Waals surface area contributed by atoms with Gasteiger partial charge in [-0.3, -0.25) is 4.72 Å². The highest BCUT2D eigenvalue weighted by Crippen LogP contribution is 2.29. The van der Waals surface area contributed by atoms with Crippen molar-refractivity contribution >= 4 is 44.7 Å². The Morgan fingerprint density at radius 3 is 2.75 bits per heavy atom. The molecule has 6 nitrogen and oxygen atoms in total. The van der Waals surface area contributed by atoms with Crippen LogP contribution >= 0.6 is 22.9 Å². The highest BCUT2D eigenvalue weighted by molar-refractivity contribution is 7.94. The zero-order valence-electron chi connectivity index (χ0n) is 12.8. The van der Waals surface area contributed by atoms with E-state index in [1.54, 1.807) is 23.1 Å². The third-order valence-electron chi connectivity index (χ3n) is 3.72. The SMILES string of the molecule is COC(=O)N1CCc2ccc(NS(=O)(=O)c3ccc(Cl)s3)cc2C1. The molecule has 0 fully saturated rings. The molecule has 2 aromatic rings. The number of hydrogen-bond acceptors (Lipinski definition) is 5. The zero-order chi connectivity index (χ0) is 17.3. The Morgan fingerprint density at radius 1 is 1.29 bits per heavy atom. The lowest BCUT2D eigenvalue weighted by atomic mass is 9.99. The van der Waals surface area contributed by atoms with Crippen LogP contribution in [0, 0.1) is 0 Å². The van der Waals surface area contributed by atoms with E-state index in [0.29, 0.717) is 29.5 Å². The molecule has 0 spiro atoms. The maximum absolute atomic E-state index is 12.4. The molecule has 0 aliphatic carbocycles. The number of benzene rings is 1. The molecule has 1 aliphatic heterocycles. The van der Waals surface area contributed by atoms with Gasteiger partial charge in [0, 0.05) is 18.8 Å². The van der Waals surface area contributed by atoms with E-state index in [9.17, 15) is 13.2 Å². The number of nitrogens with zero attached hydrogens (tertiary/aromatic N) is 1. The smallest absolute Gasteiger partial charge is 0.409 e. The summed E-state index contributed by atoms with van der Waals surface area (Å²) in [6.07, 6.45) is 0.317. The summed E-state index contributed by atoms with van der Waals surface area (Å²) in [6, 6.07) is 8.36. The summed E-state index contributed by atoms with van der Waals surface area (Å²) in [6.45, 7) is 0.973. The Labute approximate surface area is 149 Å². The summed E-state index contributed by atoms with van der Waals surface area (Å²) in [5, 5.41) is 0. The van der Waals surface area contributed by atoms with Crippen LogP contribution in [0.5, 0.6) is 0 Å². The maximum Gasteiger partial charge on any atom is 0.409 e. The van der Waals surface area contributed by atoms with Gasteiger partial charge in [-0.15, -0.1) is 11.3 Å². The van der Waals surface area contributed by atoms with Crippen molar-refractivity contribution in [3.63, 3.8) is 0 Å². The van der Waals surface area contributed by atoms with E-state index in [0.717, 1.165) is 22.5 Å². The normalized spacial score (nSPS) is 14.2. The Kier molecular flexibility index (Phi) is 4.71. The number of anilines is 1. The fourth-order valence-corrected chi connectivity index (χ4v) is 5.09. The fourth-order valence-electron chi connectivity index (χ4n) is 2.55. The van der Waals surface area contributed by atoms with Crippen LogP contribution in [0.1, 0.15) is 11.1 Å². The number of carbonyl (C=O) groups excluding carboxylic acids is 1. The second-order valence-corrected chi connectivity index (χ2v) is 8.91. The third kappa shape index (κ3) is 3.50. The highest BCUT2D eigenvalue weighted by Gasteiger charge is 2.22. The van der Waals surface area contributed by atoms with Crippen molar-refractivity contribution in [1.29, 1.82) is 0 Å². The first-order valence-corrected chi connectivity index (χ1v) is 9.79. The molecule has 1 amide bonds. The summed E-state index contributed by atoms with van der Waals surface area (Å²) >= 11 is 6.80. The molecule has 1 aromatic heterocycles. The number of halogens is 1. The van der Waals surface area contributed by atoms with Crippen LogP contribution < -0.4 is 4.72 Å². The minimum atomic E-state index is -3.67. The van der Waals surface area contributed by atoms with Gasteiger partial charge in [0.1, 0.15) is 4.21 Å². The summed E-state index contributed by atoms with van der Waals surface area (Å²) < 4.78 is 32.6. The van der Waals surface area contributed by atoms with Crippen LogP contribution in [0.25, 0.3) is 0 Å². The molecule has 0 unspecified atom stereocenters. The molecule has 3 rings (SSSR count). The van der Waals surface area contributed by atoms with Crippen LogP contribution in [0.15, 0.2) is 34.5 Å². The van der Waals surface area contributed by atoms with Gasteiger partial charge in [-0.2, -0.15) is 0 Å². The molecule has 1 aromatic carbocycles. The molecule has 0 saturated heterocycles. The lowest BCUT2D eigenvalue weighted by Crippen LogP contribution is -2.35.